The zero-order valence-corrected chi connectivity index (χ0v) is 11.6. The first-order chi connectivity index (χ1) is 8.96. The average molecular weight is 268 g/mol. The number of rotatable bonds is 1. The van der Waals surface area contributed by atoms with Crippen LogP contribution < -0.4 is 0 Å². The van der Waals surface area contributed by atoms with Crippen LogP contribution >= 0.6 is 0 Å². The lowest BCUT2D eigenvalue weighted by atomic mass is 10.1. The Morgan fingerprint density at radius 1 is 1.53 bits per heavy atom. The molecular formula is C13H20N2O4. The van der Waals surface area contributed by atoms with Crippen LogP contribution in [0.4, 0.5) is 4.79 Å². The Morgan fingerprint density at radius 2 is 2.32 bits per heavy atom. The van der Waals surface area contributed by atoms with Crippen molar-refractivity contribution in [1.82, 2.24) is 9.88 Å². The summed E-state index contributed by atoms with van der Waals surface area (Å²) >= 11 is 0. The fourth-order valence-corrected chi connectivity index (χ4v) is 1.91. The number of carbonyl (C=O) groups is 1. The average Bonchev–Trinajstić information content (AvgIpc) is 2.71. The van der Waals surface area contributed by atoms with Crippen LogP contribution in [0.1, 0.15) is 32.4 Å². The maximum absolute atomic E-state index is 12.1. The molecule has 19 heavy (non-hydrogen) atoms. The second-order valence-electron chi connectivity index (χ2n) is 5.61. The van der Waals surface area contributed by atoms with Crippen molar-refractivity contribution < 1.29 is 18.7 Å². The van der Waals surface area contributed by atoms with Crippen molar-refractivity contribution in [2.45, 2.75) is 32.3 Å². The van der Waals surface area contributed by atoms with E-state index in [4.69, 9.17) is 13.9 Å². The van der Waals surface area contributed by atoms with Crippen molar-refractivity contribution in [3.05, 3.63) is 18.4 Å². The summed E-state index contributed by atoms with van der Waals surface area (Å²) in [6, 6.07) is 0. The molecule has 1 amide bonds. The van der Waals surface area contributed by atoms with E-state index in [1.165, 1.54) is 6.39 Å². The van der Waals surface area contributed by atoms with Gasteiger partial charge in [-0.1, -0.05) is 0 Å². The molecule has 0 aliphatic carbocycles. The number of amides is 1. The number of carbonyl (C=O) groups excluding carboxylic acids is 1. The minimum Gasteiger partial charge on any atom is -0.451 e. The minimum absolute atomic E-state index is 0.0220. The Morgan fingerprint density at radius 3 is 2.95 bits per heavy atom. The highest BCUT2D eigenvalue weighted by Gasteiger charge is 2.28. The highest BCUT2D eigenvalue weighted by atomic mass is 16.6. The van der Waals surface area contributed by atoms with E-state index in [9.17, 15) is 4.79 Å². The van der Waals surface area contributed by atoms with Crippen LogP contribution in [0.15, 0.2) is 17.1 Å². The second kappa shape index (κ2) is 5.61. The Labute approximate surface area is 112 Å². The molecule has 1 aromatic rings. The van der Waals surface area contributed by atoms with Crippen molar-refractivity contribution in [3.8, 4) is 0 Å². The normalized spacial score (nSPS) is 21.0. The molecular weight excluding hydrogens is 248 g/mol. The SMILES string of the molecule is CC(C)(C)OC(=O)N1CCOC[C@H](c2cocn2)C1. The van der Waals surface area contributed by atoms with Gasteiger partial charge in [-0.25, -0.2) is 9.78 Å². The topological polar surface area (TPSA) is 64.8 Å². The van der Waals surface area contributed by atoms with Gasteiger partial charge in [0.2, 0.25) is 0 Å². The largest absolute Gasteiger partial charge is 0.451 e. The lowest BCUT2D eigenvalue weighted by Crippen LogP contribution is -2.39. The van der Waals surface area contributed by atoms with Gasteiger partial charge >= 0.3 is 6.09 Å². The molecule has 1 atom stereocenters. The minimum atomic E-state index is -0.492. The van der Waals surface area contributed by atoms with Gasteiger partial charge in [-0.2, -0.15) is 0 Å². The first kappa shape index (κ1) is 13.9. The van der Waals surface area contributed by atoms with Gasteiger partial charge in [-0.05, 0) is 20.8 Å². The smallest absolute Gasteiger partial charge is 0.410 e. The number of aromatic nitrogens is 1. The van der Waals surface area contributed by atoms with Crippen LogP contribution in [0, 0.1) is 0 Å². The van der Waals surface area contributed by atoms with E-state index in [2.05, 4.69) is 4.98 Å². The molecule has 6 nitrogen and oxygen atoms in total. The van der Waals surface area contributed by atoms with Crippen LogP contribution in [0.2, 0.25) is 0 Å². The summed E-state index contributed by atoms with van der Waals surface area (Å²) in [4.78, 5) is 17.9. The molecule has 0 aromatic carbocycles. The Balaban J connectivity index is 2.02. The van der Waals surface area contributed by atoms with Gasteiger partial charge in [-0.3, -0.25) is 0 Å². The van der Waals surface area contributed by atoms with Crippen LogP contribution in [0.3, 0.4) is 0 Å². The molecule has 6 heteroatoms. The molecule has 1 fully saturated rings. The fraction of sp³-hybridized carbons (Fsp3) is 0.692. The van der Waals surface area contributed by atoms with E-state index in [0.29, 0.717) is 26.3 Å². The van der Waals surface area contributed by atoms with Gasteiger partial charge in [0.15, 0.2) is 6.39 Å². The first-order valence-electron chi connectivity index (χ1n) is 6.39. The maximum Gasteiger partial charge on any atom is 0.410 e. The van der Waals surface area contributed by atoms with Crippen molar-refractivity contribution in [2.24, 2.45) is 0 Å². The lowest BCUT2D eigenvalue weighted by molar-refractivity contribution is 0.0240. The molecule has 2 rings (SSSR count). The number of oxazole rings is 1. The standard InChI is InChI=1S/C13H20N2O4/c1-13(2,3)19-12(16)15-4-5-17-7-10(6-15)11-8-18-9-14-11/h8-10H,4-7H2,1-3H3/t10-/m1/s1. The van der Waals surface area contributed by atoms with E-state index in [1.54, 1.807) is 11.2 Å². The number of nitrogens with zero attached hydrogens (tertiary/aromatic N) is 2. The predicted molar refractivity (Wildman–Crippen MR) is 67.9 cm³/mol. The quantitative estimate of drug-likeness (QED) is 0.779. The fourth-order valence-electron chi connectivity index (χ4n) is 1.91. The van der Waals surface area contributed by atoms with Crippen LogP contribution in [0.5, 0.6) is 0 Å². The van der Waals surface area contributed by atoms with Crippen LogP contribution in [0.25, 0.3) is 0 Å². The molecule has 1 aliphatic heterocycles. The second-order valence-corrected chi connectivity index (χ2v) is 5.61. The zero-order chi connectivity index (χ0) is 13.9. The number of hydrogen-bond donors (Lipinski definition) is 0. The molecule has 0 bridgehead atoms. The maximum atomic E-state index is 12.1. The van der Waals surface area contributed by atoms with E-state index >= 15 is 0 Å². The van der Waals surface area contributed by atoms with Gasteiger partial charge in [0.25, 0.3) is 0 Å². The molecule has 1 saturated heterocycles. The van der Waals surface area contributed by atoms with Gasteiger partial charge in [0.05, 0.1) is 18.9 Å². The van der Waals surface area contributed by atoms with Crippen LogP contribution in [-0.2, 0) is 9.47 Å². The Hall–Kier alpha value is -1.56. The molecule has 0 N–H and O–H groups in total. The molecule has 0 unspecified atom stereocenters. The van der Waals surface area contributed by atoms with E-state index in [-0.39, 0.29) is 12.0 Å². The predicted octanol–water partition coefficient (Wildman–Crippen LogP) is 2.03. The van der Waals surface area contributed by atoms with Crippen molar-refractivity contribution in [3.63, 3.8) is 0 Å². The summed E-state index contributed by atoms with van der Waals surface area (Å²) in [5, 5.41) is 0. The van der Waals surface area contributed by atoms with Crippen LogP contribution in [-0.4, -0.2) is 47.9 Å². The third kappa shape index (κ3) is 3.96. The van der Waals surface area contributed by atoms with E-state index in [0.717, 1.165) is 5.69 Å². The molecule has 1 aliphatic rings. The lowest BCUT2D eigenvalue weighted by Gasteiger charge is -2.27. The Bertz CT molecular complexity index is 411. The molecule has 0 saturated carbocycles. The van der Waals surface area contributed by atoms with Crippen molar-refractivity contribution >= 4 is 6.09 Å². The Kier molecular flexibility index (Phi) is 4.09. The summed E-state index contributed by atoms with van der Waals surface area (Å²) in [5.41, 5.74) is 0.309. The van der Waals surface area contributed by atoms with Gasteiger partial charge in [-0.15, -0.1) is 0 Å². The van der Waals surface area contributed by atoms with Gasteiger partial charge in [0.1, 0.15) is 11.9 Å². The molecule has 0 spiro atoms. The molecule has 1 aromatic heterocycles. The third-order valence-corrected chi connectivity index (χ3v) is 2.79. The summed E-state index contributed by atoms with van der Waals surface area (Å²) in [6.45, 7) is 7.67. The molecule has 106 valence electrons. The van der Waals surface area contributed by atoms with Crippen molar-refractivity contribution in [2.75, 3.05) is 26.3 Å². The first-order valence-corrected chi connectivity index (χ1v) is 6.39. The number of hydrogen-bond acceptors (Lipinski definition) is 5. The highest BCUT2D eigenvalue weighted by molar-refractivity contribution is 5.68. The molecule has 0 radical (unpaired) electrons. The zero-order valence-electron chi connectivity index (χ0n) is 11.6. The third-order valence-electron chi connectivity index (χ3n) is 2.79. The summed E-state index contributed by atoms with van der Waals surface area (Å²) in [5.74, 6) is 0.0220. The summed E-state index contributed by atoms with van der Waals surface area (Å²) in [7, 11) is 0. The highest BCUT2D eigenvalue weighted by Crippen LogP contribution is 2.20. The summed E-state index contributed by atoms with van der Waals surface area (Å²) < 4.78 is 15.9. The van der Waals surface area contributed by atoms with E-state index in [1.807, 2.05) is 20.8 Å². The monoisotopic (exact) mass is 268 g/mol. The van der Waals surface area contributed by atoms with Crippen molar-refractivity contribution in [1.29, 1.82) is 0 Å². The van der Waals surface area contributed by atoms with E-state index < -0.39 is 5.60 Å². The van der Waals surface area contributed by atoms with Gasteiger partial charge < -0.3 is 18.8 Å². The van der Waals surface area contributed by atoms with Gasteiger partial charge in [0, 0.05) is 19.0 Å². The number of ether oxygens (including phenoxy) is 2. The summed E-state index contributed by atoms with van der Waals surface area (Å²) in [6.07, 6.45) is 2.66. The molecule has 2 heterocycles.